The molecule has 1 unspecified atom stereocenters. The zero-order chi connectivity index (χ0) is 19.6. The van der Waals surface area contributed by atoms with E-state index in [1.54, 1.807) is 6.92 Å². The van der Waals surface area contributed by atoms with Crippen molar-refractivity contribution in [3.8, 4) is 0 Å². The average Bonchev–Trinajstić information content (AvgIpc) is 2.87. The highest BCUT2D eigenvalue weighted by Gasteiger charge is 2.29. The molecule has 0 amide bonds. The van der Waals surface area contributed by atoms with Crippen LogP contribution in [0.5, 0.6) is 0 Å². The molecule has 0 aliphatic carbocycles. The first-order valence-corrected chi connectivity index (χ1v) is 7.65. The molecule has 0 radical (unpaired) electrons. The smallest absolute Gasteiger partial charge is 0.344 e. The highest BCUT2D eigenvalue weighted by Crippen LogP contribution is 2.21. The largest absolute Gasteiger partial charge is 0.465 e. The maximum Gasteiger partial charge on any atom is 0.344 e. The van der Waals surface area contributed by atoms with E-state index < -0.39 is 41.0 Å². The molecule has 2 aromatic rings. The van der Waals surface area contributed by atoms with Crippen LogP contribution in [0.1, 0.15) is 49.4 Å². The van der Waals surface area contributed by atoms with Crippen LogP contribution in [0.2, 0.25) is 0 Å². The number of methoxy groups -OCH3 is 1. The third-order valence-corrected chi connectivity index (χ3v) is 3.89. The van der Waals surface area contributed by atoms with Gasteiger partial charge in [0, 0.05) is 5.69 Å². The molecular weight excluding hydrogens is 348 g/mol. The molecule has 1 aromatic heterocycles. The van der Waals surface area contributed by atoms with E-state index in [1.165, 1.54) is 21.0 Å². The number of aromatic nitrogens is 1. The third kappa shape index (κ3) is 3.49. The zero-order valence-electron chi connectivity index (χ0n) is 14.6. The Morgan fingerprint density at radius 1 is 1.04 bits per heavy atom. The van der Waals surface area contributed by atoms with Crippen molar-refractivity contribution >= 4 is 17.7 Å². The molecule has 0 aliphatic heterocycles. The monoisotopic (exact) mass is 365 g/mol. The summed E-state index contributed by atoms with van der Waals surface area (Å²) in [7, 11) is 1.21. The maximum atomic E-state index is 13.6. The molecule has 0 aliphatic rings. The van der Waals surface area contributed by atoms with Gasteiger partial charge in [0.1, 0.15) is 17.2 Å². The number of ether oxygens (including phenoxy) is 2. The van der Waals surface area contributed by atoms with Crippen molar-refractivity contribution in [3.63, 3.8) is 0 Å². The summed E-state index contributed by atoms with van der Waals surface area (Å²) < 4.78 is 36.8. The molecule has 1 atom stereocenters. The second kappa shape index (κ2) is 7.47. The van der Waals surface area contributed by atoms with Gasteiger partial charge in [0.05, 0.1) is 18.4 Å². The standard InChI is InChI=1S/C18H17F2NO5/c1-8-13(17(23)25-4)9(2)21-15(8)16(22)10(3)26-18(24)14-11(19)6-5-7-12(14)20/h5-7,10,21H,1-4H3. The summed E-state index contributed by atoms with van der Waals surface area (Å²) in [5.74, 6) is -4.74. The summed E-state index contributed by atoms with van der Waals surface area (Å²) in [5.41, 5.74) is 0.129. The van der Waals surface area contributed by atoms with Crippen molar-refractivity contribution in [3.05, 3.63) is 57.9 Å². The number of rotatable bonds is 5. The molecule has 1 heterocycles. The Morgan fingerprint density at radius 3 is 2.15 bits per heavy atom. The molecular formula is C18H17F2NO5. The van der Waals surface area contributed by atoms with Gasteiger partial charge in [-0.1, -0.05) is 6.07 Å². The number of hydrogen-bond acceptors (Lipinski definition) is 5. The lowest BCUT2D eigenvalue weighted by molar-refractivity contribution is 0.0307. The highest BCUT2D eigenvalue weighted by atomic mass is 19.1. The molecule has 138 valence electrons. The van der Waals surface area contributed by atoms with Gasteiger partial charge >= 0.3 is 11.9 Å². The van der Waals surface area contributed by atoms with Crippen LogP contribution in [0.3, 0.4) is 0 Å². The van der Waals surface area contributed by atoms with Crippen LogP contribution in [0.25, 0.3) is 0 Å². The Labute approximate surface area is 148 Å². The summed E-state index contributed by atoms with van der Waals surface area (Å²) in [5, 5.41) is 0. The zero-order valence-corrected chi connectivity index (χ0v) is 14.6. The van der Waals surface area contributed by atoms with Gasteiger partial charge in [-0.3, -0.25) is 4.79 Å². The number of benzene rings is 1. The third-order valence-electron chi connectivity index (χ3n) is 3.89. The topological polar surface area (TPSA) is 85.5 Å². The van der Waals surface area contributed by atoms with Gasteiger partial charge in [0.25, 0.3) is 0 Å². The summed E-state index contributed by atoms with van der Waals surface area (Å²) in [6.45, 7) is 4.39. The van der Waals surface area contributed by atoms with E-state index in [4.69, 9.17) is 4.74 Å². The van der Waals surface area contributed by atoms with Crippen LogP contribution in [-0.2, 0) is 9.47 Å². The fourth-order valence-corrected chi connectivity index (χ4v) is 2.57. The number of carbonyl (C=O) groups is 3. The van der Waals surface area contributed by atoms with Crippen LogP contribution < -0.4 is 0 Å². The Bertz CT molecular complexity index is 868. The predicted molar refractivity (Wildman–Crippen MR) is 87.2 cm³/mol. The van der Waals surface area contributed by atoms with Crippen LogP contribution in [0.15, 0.2) is 18.2 Å². The second-order valence-electron chi connectivity index (χ2n) is 5.63. The summed E-state index contributed by atoms with van der Waals surface area (Å²) >= 11 is 0. The van der Waals surface area contributed by atoms with Gasteiger partial charge in [-0.25, -0.2) is 18.4 Å². The van der Waals surface area contributed by atoms with Crippen LogP contribution in [-0.4, -0.2) is 35.9 Å². The molecule has 0 bridgehead atoms. The lowest BCUT2D eigenvalue weighted by Crippen LogP contribution is -2.26. The number of carbonyl (C=O) groups excluding carboxylic acids is 3. The Kier molecular flexibility index (Phi) is 5.54. The maximum absolute atomic E-state index is 13.6. The van der Waals surface area contributed by atoms with E-state index in [1.807, 2.05) is 0 Å². The van der Waals surface area contributed by atoms with Crippen molar-refractivity contribution in [1.82, 2.24) is 4.98 Å². The van der Waals surface area contributed by atoms with E-state index >= 15 is 0 Å². The van der Waals surface area contributed by atoms with Crippen molar-refractivity contribution in [1.29, 1.82) is 0 Å². The van der Waals surface area contributed by atoms with Crippen LogP contribution in [0, 0.1) is 25.5 Å². The number of hydrogen-bond donors (Lipinski definition) is 1. The Hall–Kier alpha value is -3.03. The minimum atomic E-state index is -1.33. The summed E-state index contributed by atoms with van der Waals surface area (Å²) in [4.78, 5) is 39.1. The molecule has 26 heavy (non-hydrogen) atoms. The molecule has 0 spiro atoms. The molecule has 1 N–H and O–H groups in total. The number of Topliss-reactive ketones (excluding diaryl/α,β-unsaturated/α-hetero) is 1. The number of esters is 2. The molecule has 8 heteroatoms. The quantitative estimate of drug-likeness (QED) is 0.650. The highest BCUT2D eigenvalue weighted by molar-refractivity contribution is 6.04. The lowest BCUT2D eigenvalue weighted by Gasteiger charge is -2.13. The van der Waals surface area contributed by atoms with Crippen molar-refractivity contribution < 1.29 is 32.6 Å². The second-order valence-corrected chi connectivity index (χ2v) is 5.63. The van der Waals surface area contributed by atoms with E-state index in [-0.39, 0.29) is 11.3 Å². The van der Waals surface area contributed by atoms with Crippen molar-refractivity contribution in [2.75, 3.05) is 7.11 Å². The Morgan fingerprint density at radius 2 is 1.62 bits per heavy atom. The molecule has 0 fully saturated rings. The first-order valence-electron chi connectivity index (χ1n) is 7.65. The first-order chi connectivity index (χ1) is 12.2. The summed E-state index contributed by atoms with van der Waals surface area (Å²) in [6, 6.07) is 2.93. The first kappa shape index (κ1) is 19.3. The number of halogens is 2. The molecule has 0 saturated carbocycles. The van der Waals surface area contributed by atoms with Gasteiger partial charge < -0.3 is 14.5 Å². The van der Waals surface area contributed by atoms with Gasteiger partial charge in [-0.15, -0.1) is 0 Å². The normalized spacial score (nSPS) is 11.8. The minimum absolute atomic E-state index is 0.0530. The number of aryl methyl sites for hydroxylation is 1. The van der Waals surface area contributed by atoms with Crippen LogP contribution >= 0.6 is 0 Å². The molecule has 2 rings (SSSR count). The Balaban J connectivity index is 2.26. The number of nitrogens with one attached hydrogen (secondary N) is 1. The predicted octanol–water partition coefficient (Wildman–Crippen LogP) is 3.12. The fraction of sp³-hybridized carbons (Fsp3) is 0.278. The number of H-pyrrole nitrogens is 1. The van der Waals surface area contributed by atoms with E-state index in [0.29, 0.717) is 11.3 Å². The minimum Gasteiger partial charge on any atom is -0.465 e. The number of ketones is 1. The van der Waals surface area contributed by atoms with Crippen molar-refractivity contribution in [2.45, 2.75) is 26.9 Å². The van der Waals surface area contributed by atoms with E-state index in [9.17, 15) is 23.2 Å². The molecule has 6 nitrogen and oxygen atoms in total. The fourth-order valence-electron chi connectivity index (χ4n) is 2.57. The summed E-state index contributed by atoms with van der Waals surface area (Å²) in [6.07, 6.45) is -1.33. The molecule has 1 aromatic carbocycles. The average molecular weight is 365 g/mol. The van der Waals surface area contributed by atoms with Crippen LogP contribution in [0.4, 0.5) is 8.78 Å². The molecule has 0 saturated heterocycles. The number of aromatic amines is 1. The van der Waals surface area contributed by atoms with Gasteiger partial charge in [0.15, 0.2) is 6.10 Å². The van der Waals surface area contributed by atoms with E-state index in [2.05, 4.69) is 9.72 Å². The lowest BCUT2D eigenvalue weighted by atomic mass is 10.1. The van der Waals surface area contributed by atoms with E-state index in [0.717, 1.165) is 18.2 Å². The van der Waals surface area contributed by atoms with Gasteiger partial charge in [-0.2, -0.15) is 0 Å². The van der Waals surface area contributed by atoms with Gasteiger partial charge in [0.2, 0.25) is 5.78 Å². The van der Waals surface area contributed by atoms with Crippen molar-refractivity contribution in [2.24, 2.45) is 0 Å². The SMILES string of the molecule is COC(=O)c1c(C)[nH]c(C(=O)C(C)OC(=O)c2c(F)cccc2F)c1C. The van der Waals surface area contributed by atoms with Gasteiger partial charge in [-0.05, 0) is 38.5 Å².